The lowest BCUT2D eigenvalue weighted by Gasteiger charge is -2.19. The van der Waals surface area contributed by atoms with E-state index < -0.39 is 5.97 Å². The molecule has 0 spiro atoms. The molecule has 4 rings (SSSR count). The molecule has 0 saturated carbocycles. The fourth-order valence-electron chi connectivity index (χ4n) is 4.57. The van der Waals surface area contributed by atoms with Crippen LogP contribution in [0.2, 0.25) is 0 Å². The number of unbranched alkanes of at least 4 members (excludes halogenated alkanes) is 3. The van der Waals surface area contributed by atoms with E-state index in [1.807, 2.05) is 38.1 Å². The first-order valence-corrected chi connectivity index (χ1v) is 12.4. The van der Waals surface area contributed by atoms with Crippen LogP contribution in [-0.2, 0) is 17.8 Å². The van der Waals surface area contributed by atoms with Crippen molar-refractivity contribution in [1.82, 2.24) is 0 Å². The summed E-state index contributed by atoms with van der Waals surface area (Å²) in [6, 6.07) is 15.1. The highest BCUT2D eigenvalue weighted by Crippen LogP contribution is 2.46. The molecule has 0 bridgehead atoms. The molecule has 184 valence electrons. The van der Waals surface area contributed by atoms with Crippen LogP contribution in [0.15, 0.2) is 48.5 Å². The van der Waals surface area contributed by atoms with Gasteiger partial charge in [0.1, 0.15) is 11.5 Å². The Bertz CT molecular complexity index is 1220. The maximum atomic E-state index is 13.8. The summed E-state index contributed by atoms with van der Waals surface area (Å²) in [5.41, 5.74) is 2.80. The Morgan fingerprint density at radius 2 is 1.69 bits per heavy atom. The Kier molecular flexibility index (Phi) is 7.59. The largest absolute Gasteiger partial charge is 0.493 e. The van der Waals surface area contributed by atoms with Crippen LogP contribution < -0.4 is 14.4 Å². The van der Waals surface area contributed by atoms with Crippen molar-refractivity contribution >= 4 is 28.3 Å². The summed E-state index contributed by atoms with van der Waals surface area (Å²) in [6.45, 7) is 7.06. The molecule has 0 unspecified atom stereocenters. The number of amides is 1. The molecule has 1 amide bonds. The van der Waals surface area contributed by atoms with Crippen molar-refractivity contribution in [1.29, 1.82) is 0 Å². The molecular weight excluding hydrogens is 442 g/mol. The van der Waals surface area contributed by atoms with E-state index in [1.54, 1.807) is 29.2 Å². The number of hydrogen-bond donors (Lipinski definition) is 1. The van der Waals surface area contributed by atoms with E-state index >= 15 is 0 Å². The fraction of sp³-hybridized carbons (Fsp3) is 0.379. The molecule has 0 fully saturated rings. The lowest BCUT2D eigenvalue weighted by molar-refractivity contribution is -0.136. The van der Waals surface area contributed by atoms with Crippen LogP contribution in [-0.4, -0.2) is 29.7 Å². The van der Waals surface area contributed by atoms with E-state index in [9.17, 15) is 9.59 Å². The summed E-state index contributed by atoms with van der Waals surface area (Å²) in [7, 11) is 0. The third kappa shape index (κ3) is 5.26. The van der Waals surface area contributed by atoms with Crippen molar-refractivity contribution in [3.8, 4) is 11.5 Å². The van der Waals surface area contributed by atoms with Gasteiger partial charge in [0, 0.05) is 22.0 Å². The van der Waals surface area contributed by atoms with E-state index in [1.165, 1.54) is 6.42 Å². The lowest BCUT2D eigenvalue weighted by atomic mass is 9.99. The van der Waals surface area contributed by atoms with Gasteiger partial charge in [-0.1, -0.05) is 62.6 Å². The minimum Gasteiger partial charge on any atom is -0.493 e. The first-order chi connectivity index (χ1) is 16.9. The van der Waals surface area contributed by atoms with Gasteiger partial charge in [-0.2, -0.15) is 0 Å². The zero-order chi connectivity index (χ0) is 24.9. The molecule has 1 N–H and O–H groups in total. The molecule has 1 heterocycles. The summed E-state index contributed by atoms with van der Waals surface area (Å²) in [6.07, 6.45) is 4.26. The Hall–Kier alpha value is -3.54. The van der Waals surface area contributed by atoms with E-state index in [4.69, 9.17) is 14.6 Å². The molecule has 1 aliphatic rings. The molecule has 6 nitrogen and oxygen atoms in total. The summed E-state index contributed by atoms with van der Waals surface area (Å²) in [5, 5.41) is 10.9. The molecule has 0 atom stereocenters. The molecule has 3 aromatic rings. The summed E-state index contributed by atoms with van der Waals surface area (Å²) in [4.78, 5) is 26.5. The number of fused-ring (bicyclic) bond motifs is 2. The van der Waals surface area contributed by atoms with E-state index in [0.717, 1.165) is 41.3 Å². The van der Waals surface area contributed by atoms with Crippen LogP contribution in [0.1, 0.15) is 67.9 Å². The average molecular weight is 476 g/mol. The zero-order valence-corrected chi connectivity index (χ0v) is 20.7. The highest BCUT2D eigenvalue weighted by molar-refractivity contribution is 6.16. The molecule has 3 aromatic carbocycles. The Morgan fingerprint density at radius 1 is 1.00 bits per heavy atom. The predicted octanol–water partition coefficient (Wildman–Crippen LogP) is 6.37. The summed E-state index contributed by atoms with van der Waals surface area (Å²) < 4.78 is 12.6. The van der Waals surface area contributed by atoms with Gasteiger partial charge in [0.25, 0.3) is 5.91 Å². The number of nitrogens with zero attached hydrogens (tertiary/aromatic N) is 1. The van der Waals surface area contributed by atoms with Crippen LogP contribution in [0.3, 0.4) is 0 Å². The number of benzene rings is 3. The van der Waals surface area contributed by atoms with Crippen molar-refractivity contribution in [3.63, 3.8) is 0 Å². The standard InChI is InChI=1S/C29H33NO5/c1-4-5-6-9-16-34-27-22-10-7-8-11-23(22)28(35-19(2)3)26-24(27)18-30(29(26)33)21-14-12-20(13-15-21)17-25(31)32/h7-8,10-15,19H,4-6,9,16-18H2,1-3H3,(H,31,32). The van der Waals surface area contributed by atoms with Gasteiger partial charge in [-0.15, -0.1) is 0 Å². The van der Waals surface area contributed by atoms with Gasteiger partial charge in [0.15, 0.2) is 0 Å². The first kappa shape index (κ1) is 24.6. The lowest BCUT2D eigenvalue weighted by Crippen LogP contribution is -2.23. The molecule has 0 aromatic heterocycles. The summed E-state index contributed by atoms with van der Waals surface area (Å²) >= 11 is 0. The Labute approximate surface area is 206 Å². The number of hydrogen-bond acceptors (Lipinski definition) is 4. The number of carbonyl (C=O) groups is 2. The molecule has 35 heavy (non-hydrogen) atoms. The second-order valence-electron chi connectivity index (χ2n) is 9.26. The number of anilines is 1. The molecular formula is C29H33NO5. The van der Waals surface area contributed by atoms with E-state index in [2.05, 4.69) is 6.92 Å². The van der Waals surface area contributed by atoms with Gasteiger partial charge in [-0.05, 0) is 38.0 Å². The van der Waals surface area contributed by atoms with Crippen LogP contribution in [0.5, 0.6) is 11.5 Å². The number of ether oxygens (including phenoxy) is 2. The Morgan fingerprint density at radius 3 is 2.31 bits per heavy atom. The predicted molar refractivity (Wildman–Crippen MR) is 138 cm³/mol. The van der Waals surface area contributed by atoms with Gasteiger partial charge in [-0.25, -0.2) is 0 Å². The Balaban J connectivity index is 1.76. The average Bonchev–Trinajstić information content (AvgIpc) is 3.17. The number of carbonyl (C=O) groups excluding carboxylic acids is 1. The molecule has 0 radical (unpaired) electrons. The number of carboxylic acids is 1. The minimum absolute atomic E-state index is 0.0533. The molecule has 6 heteroatoms. The fourth-order valence-corrected chi connectivity index (χ4v) is 4.57. The molecule has 1 aliphatic heterocycles. The second-order valence-corrected chi connectivity index (χ2v) is 9.26. The quantitative estimate of drug-likeness (QED) is 0.326. The zero-order valence-electron chi connectivity index (χ0n) is 20.7. The second kappa shape index (κ2) is 10.8. The van der Waals surface area contributed by atoms with Gasteiger partial charge >= 0.3 is 5.97 Å². The monoisotopic (exact) mass is 475 g/mol. The van der Waals surface area contributed by atoms with Gasteiger partial charge in [0.2, 0.25) is 0 Å². The van der Waals surface area contributed by atoms with Crippen LogP contribution in [0.4, 0.5) is 5.69 Å². The summed E-state index contributed by atoms with van der Waals surface area (Å²) in [5.74, 6) is 0.328. The van der Waals surface area contributed by atoms with Gasteiger partial charge in [0.05, 0.1) is 31.2 Å². The molecule has 0 saturated heterocycles. The van der Waals surface area contributed by atoms with Crippen LogP contribution >= 0.6 is 0 Å². The van der Waals surface area contributed by atoms with Crippen LogP contribution in [0.25, 0.3) is 10.8 Å². The molecule has 0 aliphatic carbocycles. The third-order valence-electron chi connectivity index (χ3n) is 6.20. The van der Waals surface area contributed by atoms with Crippen molar-refractivity contribution in [2.45, 2.75) is 65.5 Å². The maximum absolute atomic E-state index is 13.8. The van der Waals surface area contributed by atoms with Crippen molar-refractivity contribution in [3.05, 3.63) is 65.2 Å². The van der Waals surface area contributed by atoms with Crippen molar-refractivity contribution < 1.29 is 24.2 Å². The SMILES string of the molecule is CCCCCCOc1c2c(c(OC(C)C)c3ccccc13)C(=O)N(c1ccc(CC(=O)O)cc1)C2. The maximum Gasteiger partial charge on any atom is 0.307 e. The first-order valence-electron chi connectivity index (χ1n) is 12.4. The van der Waals surface area contributed by atoms with Crippen molar-refractivity contribution in [2.75, 3.05) is 11.5 Å². The van der Waals surface area contributed by atoms with Crippen molar-refractivity contribution in [2.24, 2.45) is 0 Å². The highest BCUT2D eigenvalue weighted by atomic mass is 16.5. The van der Waals surface area contributed by atoms with Crippen LogP contribution in [0, 0.1) is 0 Å². The number of aliphatic carboxylic acids is 1. The third-order valence-corrected chi connectivity index (χ3v) is 6.20. The minimum atomic E-state index is -0.884. The van der Waals surface area contributed by atoms with Gasteiger partial charge < -0.3 is 19.5 Å². The highest BCUT2D eigenvalue weighted by Gasteiger charge is 2.37. The normalized spacial score (nSPS) is 12.9. The van der Waals surface area contributed by atoms with E-state index in [-0.39, 0.29) is 18.4 Å². The van der Waals surface area contributed by atoms with Gasteiger partial charge in [-0.3, -0.25) is 9.59 Å². The topological polar surface area (TPSA) is 76.1 Å². The number of rotatable bonds is 11. The number of carboxylic acid groups (broad SMARTS) is 1. The van der Waals surface area contributed by atoms with E-state index in [0.29, 0.717) is 35.7 Å². The smallest absolute Gasteiger partial charge is 0.307 e.